The molecule has 0 atom stereocenters. The van der Waals surface area contributed by atoms with Crippen molar-refractivity contribution in [2.24, 2.45) is 5.10 Å². The van der Waals surface area contributed by atoms with Crippen molar-refractivity contribution in [1.29, 1.82) is 0 Å². The van der Waals surface area contributed by atoms with E-state index in [1.807, 2.05) is 55.5 Å². The maximum absolute atomic E-state index is 12.6. The van der Waals surface area contributed by atoms with E-state index in [9.17, 15) is 14.9 Å². The first-order chi connectivity index (χ1) is 20.8. The second-order valence-electron chi connectivity index (χ2n) is 9.96. The number of nitro groups is 1. The molecule has 10 nitrogen and oxygen atoms in total. The summed E-state index contributed by atoms with van der Waals surface area (Å²) in [5, 5.41) is 15.3. The van der Waals surface area contributed by atoms with Crippen LogP contribution in [0.2, 0.25) is 0 Å². The molecule has 43 heavy (non-hydrogen) atoms. The predicted molar refractivity (Wildman–Crippen MR) is 162 cm³/mol. The molecule has 218 valence electrons. The number of benzene rings is 3. The molecule has 3 aromatic carbocycles. The van der Waals surface area contributed by atoms with Crippen molar-refractivity contribution in [2.45, 2.75) is 34.0 Å². The first kappa shape index (κ1) is 28.9. The SMILES string of the molecule is Cc1cccc(COc2ccc([N+](=O)[O-])cc2/C=N/NC(=O)c2ccc(COc3ccc(-n4c(C)ccc4C)cc3)o2)c1. The Morgan fingerprint density at radius 1 is 0.930 bits per heavy atom. The molecular formula is C33H30N4O6. The predicted octanol–water partition coefficient (Wildman–Crippen LogP) is 6.83. The summed E-state index contributed by atoms with van der Waals surface area (Å²) < 4.78 is 19.5. The van der Waals surface area contributed by atoms with Gasteiger partial charge in [0.15, 0.2) is 5.76 Å². The summed E-state index contributed by atoms with van der Waals surface area (Å²) in [6.07, 6.45) is 1.30. The number of nitrogens with one attached hydrogen (secondary N) is 1. The van der Waals surface area contributed by atoms with Crippen molar-refractivity contribution in [3.63, 3.8) is 0 Å². The Morgan fingerprint density at radius 2 is 1.70 bits per heavy atom. The number of aryl methyl sites for hydroxylation is 3. The summed E-state index contributed by atoms with van der Waals surface area (Å²) in [6.45, 7) is 6.49. The van der Waals surface area contributed by atoms with Crippen LogP contribution in [-0.2, 0) is 13.2 Å². The molecule has 0 aliphatic carbocycles. The number of non-ortho nitro benzene ring substituents is 1. The Kier molecular flexibility index (Phi) is 8.66. The monoisotopic (exact) mass is 578 g/mol. The number of aromatic nitrogens is 1. The van der Waals surface area contributed by atoms with Crippen LogP contribution in [0.5, 0.6) is 11.5 Å². The third-order valence-electron chi connectivity index (χ3n) is 6.68. The number of amides is 1. The second-order valence-corrected chi connectivity index (χ2v) is 9.96. The van der Waals surface area contributed by atoms with Crippen molar-refractivity contribution < 1.29 is 23.6 Å². The molecule has 5 aromatic rings. The molecule has 1 amide bonds. The molecule has 1 N–H and O–H groups in total. The van der Waals surface area contributed by atoms with Crippen molar-refractivity contribution in [1.82, 2.24) is 9.99 Å². The van der Waals surface area contributed by atoms with Gasteiger partial charge < -0.3 is 18.5 Å². The molecule has 0 saturated heterocycles. The third-order valence-corrected chi connectivity index (χ3v) is 6.68. The van der Waals surface area contributed by atoms with Gasteiger partial charge in [-0.1, -0.05) is 29.8 Å². The van der Waals surface area contributed by atoms with Gasteiger partial charge in [0.25, 0.3) is 5.69 Å². The first-order valence-electron chi connectivity index (χ1n) is 13.5. The van der Waals surface area contributed by atoms with Gasteiger partial charge in [-0.15, -0.1) is 0 Å². The molecule has 0 spiro atoms. The topological polar surface area (TPSA) is 121 Å². The highest BCUT2D eigenvalue weighted by molar-refractivity contribution is 5.93. The fourth-order valence-corrected chi connectivity index (χ4v) is 4.56. The first-order valence-corrected chi connectivity index (χ1v) is 13.5. The lowest BCUT2D eigenvalue weighted by atomic mass is 10.1. The highest BCUT2D eigenvalue weighted by Gasteiger charge is 2.14. The van der Waals surface area contributed by atoms with E-state index in [1.165, 1.54) is 30.5 Å². The zero-order valence-corrected chi connectivity index (χ0v) is 23.9. The second kappa shape index (κ2) is 12.9. The molecule has 10 heteroatoms. The number of carbonyl (C=O) groups is 1. The summed E-state index contributed by atoms with van der Waals surface area (Å²) in [5.74, 6) is 0.960. The van der Waals surface area contributed by atoms with Crippen molar-refractivity contribution in [3.8, 4) is 17.2 Å². The maximum Gasteiger partial charge on any atom is 0.307 e. The summed E-state index contributed by atoms with van der Waals surface area (Å²) in [6, 6.07) is 27.1. The van der Waals surface area contributed by atoms with E-state index in [0.29, 0.717) is 22.8 Å². The van der Waals surface area contributed by atoms with Crippen LogP contribution < -0.4 is 14.9 Å². The van der Waals surface area contributed by atoms with Crippen LogP contribution in [0.25, 0.3) is 5.69 Å². The van der Waals surface area contributed by atoms with Gasteiger partial charge in [-0.2, -0.15) is 5.10 Å². The molecule has 0 aliphatic rings. The average molecular weight is 579 g/mol. The van der Waals surface area contributed by atoms with Crippen LogP contribution in [-0.4, -0.2) is 21.6 Å². The van der Waals surface area contributed by atoms with Crippen molar-refractivity contribution in [3.05, 3.63) is 141 Å². The smallest absolute Gasteiger partial charge is 0.307 e. The van der Waals surface area contributed by atoms with Gasteiger partial charge >= 0.3 is 5.91 Å². The largest absolute Gasteiger partial charge is 0.488 e. The minimum absolute atomic E-state index is 0.0413. The average Bonchev–Trinajstić information content (AvgIpc) is 3.61. The lowest BCUT2D eigenvalue weighted by molar-refractivity contribution is -0.384. The van der Waals surface area contributed by atoms with Gasteiger partial charge in [0.1, 0.15) is 30.5 Å². The number of furan rings is 1. The van der Waals surface area contributed by atoms with Crippen LogP contribution in [0, 0.1) is 30.9 Å². The maximum atomic E-state index is 12.6. The van der Waals surface area contributed by atoms with Gasteiger partial charge in [-0.25, -0.2) is 5.43 Å². The van der Waals surface area contributed by atoms with Crippen LogP contribution in [0.15, 0.2) is 101 Å². The molecule has 2 heterocycles. The van der Waals surface area contributed by atoms with Crippen LogP contribution in [0.1, 0.15) is 44.4 Å². The molecule has 0 radical (unpaired) electrons. The summed E-state index contributed by atoms with van der Waals surface area (Å²) in [4.78, 5) is 23.4. The normalized spacial score (nSPS) is 11.0. The minimum Gasteiger partial charge on any atom is -0.488 e. The Hall–Kier alpha value is -5.64. The number of nitrogens with zero attached hydrogens (tertiary/aromatic N) is 3. The highest BCUT2D eigenvalue weighted by atomic mass is 16.6. The van der Waals surface area contributed by atoms with Gasteiger partial charge in [-0.3, -0.25) is 14.9 Å². The van der Waals surface area contributed by atoms with Gasteiger partial charge in [-0.05, 0) is 80.9 Å². The molecule has 0 unspecified atom stereocenters. The third kappa shape index (κ3) is 7.17. The fraction of sp³-hybridized carbons (Fsp3) is 0.152. The standard InChI is InChI=1S/C33H30N4O6/c1-22-5-4-6-25(17-22)20-42-31-15-11-28(37(39)40)18-26(31)19-34-35-33(38)32-16-14-30(43-32)21-41-29-12-9-27(10-13-29)36-23(2)7-8-24(36)3/h4-19H,20-21H2,1-3H3,(H,35,38)/b34-19+. The number of nitro benzene ring substituents is 1. The molecular weight excluding hydrogens is 548 g/mol. The minimum atomic E-state index is -0.586. The lowest BCUT2D eigenvalue weighted by Crippen LogP contribution is -2.17. The molecule has 0 bridgehead atoms. The lowest BCUT2D eigenvalue weighted by Gasteiger charge is -2.10. The van der Waals surface area contributed by atoms with Crippen molar-refractivity contribution in [2.75, 3.05) is 0 Å². The Labute approximate surface area is 248 Å². The number of carbonyl (C=O) groups excluding carboxylic acids is 1. The Morgan fingerprint density at radius 3 is 2.42 bits per heavy atom. The van der Waals surface area contributed by atoms with E-state index in [-0.39, 0.29) is 24.7 Å². The number of hydrazone groups is 1. The quantitative estimate of drug-likeness (QED) is 0.104. The molecule has 0 saturated carbocycles. The molecule has 0 fully saturated rings. The van der Waals surface area contributed by atoms with Crippen LogP contribution in [0.3, 0.4) is 0 Å². The van der Waals surface area contributed by atoms with Gasteiger partial charge in [0, 0.05) is 34.8 Å². The molecule has 2 aromatic heterocycles. The van der Waals surface area contributed by atoms with E-state index in [2.05, 4.69) is 41.1 Å². The van der Waals surface area contributed by atoms with E-state index < -0.39 is 10.8 Å². The number of hydrogen-bond acceptors (Lipinski definition) is 7. The summed E-state index contributed by atoms with van der Waals surface area (Å²) >= 11 is 0. The van der Waals surface area contributed by atoms with Crippen LogP contribution >= 0.6 is 0 Å². The zero-order chi connectivity index (χ0) is 30.3. The number of rotatable bonds is 11. The summed E-state index contributed by atoms with van der Waals surface area (Å²) in [5.41, 5.74) is 7.97. The van der Waals surface area contributed by atoms with E-state index in [1.54, 1.807) is 6.07 Å². The molecule has 5 rings (SSSR count). The zero-order valence-electron chi connectivity index (χ0n) is 23.9. The van der Waals surface area contributed by atoms with Gasteiger partial charge in [0.2, 0.25) is 0 Å². The van der Waals surface area contributed by atoms with Gasteiger partial charge in [0.05, 0.1) is 11.1 Å². The van der Waals surface area contributed by atoms with E-state index >= 15 is 0 Å². The number of ether oxygens (including phenoxy) is 2. The van der Waals surface area contributed by atoms with E-state index in [4.69, 9.17) is 13.9 Å². The Bertz CT molecular complexity index is 1770. The highest BCUT2D eigenvalue weighted by Crippen LogP contribution is 2.24. The van der Waals surface area contributed by atoms with E-state index in [0.717, 1.165) is 28.2 Å². The fourth-order valence-electron chi connectivity index (χ4n) is 4.56. The van der Waals surface area contributed by atoms with Crippen molar-refractivity contribution >= 4 is 17.8 Å². The van der Waals surface area contributed by atoms with Crippen LogP contribution in [0.4, 0.5) is 5.69 Å². The Balaban J connectivity index is 1.18. The number of hydrogen-bond donors (Lipinski definition) is 1. The summed E-state index contributed by atoms with van der Waals surface area (Å²) in [7, 11) is 0. The molecule has 0 aliphatic heterocycles.